The van der Waals surface area contributed by atoms with Gasteiger partial charge in [-0.15, -0.1) is 0 Å². The number of carbonyl (C=O) groups excluding carboxylic acids is 2. The molecule has 0 atom stereocenters. The molecule has 182 valence electrons. The van der Waals surface area contributed by atoms with Gasteiger partial charge in [0.05, 0.1) is 6.54 Å². The summed E-state index contributed by atoms with van der Waals surface area (Å²) in [5.41, 5.74) is 5.07. The number of carbonyl (C=O) groups is 2. The van der Waals surface area contributed by atoms with E-state index in [2.05, 4.69) is 28.4 Å². The van der Waals surface area contributed by atoms with Crippen LogP contribution in [0, 0.1) is 0 Å². The largest absolute Gasteiger partial charge is 0.376 e. The fourth-order valence-electron chi connectivity index (χ4n) is 4.38. The van der Waals surface area contributed by atoms with Gasteiger partial charge in [-0.25, -0.2) is 0 Å². The van der Waals surface area contributed by atoms with E-state index in [1.807, 2.05) is 84.6 Å². The second-order valence-corrected chi connectivity index (χ2v) is 9.24. The van der Waals surface area contributed by atoms with Crippen LogP contribution in [-0.2, 0) is 24.3 Å². The lowest BCUT2D eigenvalue weighted by molar-refractivity contribution is -0.130. The summed E-state index contributed by atoms with van der Waals surface area (Å²) in [5.74, 6) is 0.0983. The number of hydrogen-bond acceptors (Lipinski definition) is 4. The Labute approximate surface area is 208 Å². The molecular weight excluding hydrogens is 436 g/mol. The number of likely N-dealkylation sites (N-methyl/N-ethyl adjacent to an activating group) is 1. The molecule has 0 fully saturated rings. The molecule has 6 nitrogen and oxygen atoms in total. The van der Waals surface area contributed by atoms with Gasteiger partial charge in [-0.1, -0.05) is 60.7 Å². The molecule has 1 aliphatic heterocycles. The summed E-state index contributed by atoms with van der Waals surface area (Å²) in [5, 5.41) is 3.38. The molecule has 3 aromatic rings. The van der Waals surface area contributed by atoms with Crippen LogP contribution in [0.25, 0.3) is 0 Å². The Hall–Kier alpha value is -3.64. The average Bonchev–Trinajstić information content (AvgIpc) is 2.89. The van der Waals surface area contributed by atoms with Crippen molar-refractivity contribution in [3.8, 4) is 0 Å². The number of nitrogens with zero attached hydrogens (tertiary/aromatic N) is 3. The first-order valence-corrected chi connectivity index (χ1v) is 12.2. The van der Waals surface area contributed by atoms with Crippen molar-refractivity contribution < 1.29 is 9.59 Å². The van der Waals surface area contributed by atoms with E-state index in [9.17, 15) is 9.59 Å². The van der Waals surface area contributed by atoms with Gasteiger partial charge in [-0.3, -0.25) is 9.59 Å². The number of anilines is 1. The first-order chi connectivity index (χ1) is 17.0. The molecule has 0 spiro atoms. The number of benzene rings is 3. The van der Waals surface area contributed by atoms with Gasteiger partial charge in [0.25, 0.3) is 5.91 Å². The summed E-state index contributed by atoms with van der Waals surface area (Å²) < 4.78 is 0. The maximum Gasteiger partial charge on any atom is 0.254 e. The highest BCUT2D eigenvalue weighted by Crippen LogP contribution is 2.27. The highest BCUT2D eigenvalue weighted by molar-refractivity contribution is 5.94. The van der Waals surface area contributed by atoms with Crippen LogP contribution in [0.1, 0.15) is 27.0 Å². The number of nitrogens with one attached hydrogen (secondary N) is 1. The minimum atomic E-state index is 0.0415. The van der Waals surface area contributed by atoms with E-state index < -0.39 is 0 Å². The lowest BCUT2D eigenvalue weighted by Gasteiger charge is -2.31. The van der Waals surface area contributed by atoms with Gasteiger partial charge in [0.15, 0.2) is 0 Å². The van der Waals surface area contributed by atoms with E-state index in [-0.39, 0.29) is 18.4 Å². The third kappa shape index (κ3) is 6.49. The SMILES string of the molecule is CN(C)CCN(Cc1ccccc1)C(=O)CNc1cccc2c1CN(C(=O)c1ccccc1)CC2. The van der Waals surface area contributed by atoms with Gasteiger partial charge in [0, 0.05) is 44.0 Å². The second-order valence-electron chi connectivity index (χ2n) is 9.24. The molecule has 0 saturated carbocycles. The van der Waals surface area contributed by atoms with Crippen LogP contribution in [-0.4, -0.2) is 66.8 Å². The zero-order valence-corrected chi connectivity index (χ0v) is 20.6. The van der Waals surface area contributed by atoms with E-state index in [1.54, 1.807) is 0 Å². The fourth-order valence-corrected chi connectivity index (χ4v) is 4.38. The highest BCUT2D eigenvalue weighted by atomic mass is 16.2. The summed E-state index contributed by atoms with van der Waals surface area (Å²) in [7, 11) is 4.03. The molecular formula is C29H34N4O2. The Bertz CT molecular complexity index is 1130. The molecule has 0 saturated heterocycles. The highest BCUT2D eigenvalue weighted by Gasteiger charge is 2.24. The summed E-state index contributed by atoms with van der Waals surface area (Å²) in [6.45, 7) is 3.49. The Kier molecular flexibility index (Phi) is 8.16. The smallest absolute Gasteiger partial charge is 0.254 e. The predicted molar refractivity (Wildman–Crippen MR) is 140 cm³/mol. The van der Waals surface area contributed by atoms with Gasteiger partial charge in [-0.2, -0.15) is 0 Å². The minimum absolute atomic E-state index is 0.0415. The molecule has 3 aromatic carbocycles. The molecule has 6 heteroatoms. The maximum absolute atomic E-state index is 13.2. The van der Waals surface area contributed by atoms with Gasteiger partial charge in [0.1, 0.15) is 0 Å². The molecule has 0 unspecified atom stereocenters. The van der Waals surface area contributed by atoms with Crippen LogP contribution in [0.15, 0.2) is 78.9 Å². The third-order valence-corrected chi connectivity index (χ3v) is 6.40. The standard InChI is InChI=1S/C29H34N4O2/c1-31(2)18-19-32(21-23-10-5-3-6-11-23)28(34)20-30-27-15-9-14-24-16-17-33(22-26(24)27)29(35)25-12-7-4-8-13-25/h3-15,30H,16-22H2,1-2H3. The number of amides is 2. The van der Waals surface area contributed by atoms with Crippen LogP contribution >= 0.6 is 0 Å². The second kappa shape index (κ2) is 11.7. The molecule has 1 N–H and O–H groups in total. The fraction of sp³-hybridized carbons (Fsp3) is 0.310. The first kappa shape index (κ1) is 24.5. The van der Waals surface area contributed by atoms with Crippen molar-refractivity contribution >= 4 is 17.5 Å². The zero-order chi connectivity index (χ0) is 24.6. The Balaban J connectivity index is 1.44. The summed E-state index contributed by atoms with van der Waals surface area (Å²) in [6, 6.07) is 25.6. The Morgan fingerprint density at radius 3 is 2.31 bits per heavy atom. The van der Waals surface area contributed by atoms with E-state index in [0.29, 0.717) is 31.7 Å². The predicted octanol–water partition coefficient (Wildman–Crippen LogP) is 3.89. The van der Waals surface area contributed by atoms with Crippen molar-refractivity contribution in [2.75, 3.05) is 45.6 Å². The zero-order valence-electron chi connectivity index (χ0n) is 20.6. The average molecular weight is 471 g/mol. The molecule has 1 heterocycles. The minimum Gasteiger partial charge on any atom is -0.376 e. The van der Waals surface area contributed by atoms with Crippen LogP contribution in [0.4, 0.5) is 5.69 Å². The van der Waals surface area contributed by atoms with Crippen molar-refractivity contribution in [2.45, 2.75) is 19.5 Å². The number of rotatable bonds is 9. The molecule has 0 aromatic heterocycles. The first-order valence-electron chi connectivity index (χ1n) is 12.2. The normalized spacial score (nSPS) is 12.8. The monoisotopic (exact) mass is 470 g/mol. The Morgan fingerprint density at radius 1 is 0.886 bits per heavy atom. The van der Waals surface area contributed by atoms with Crippen LogP contribution in [0.2, 0.25) is 0 Å². The van der Waals surface area contributed by atoms with Crippen molar-refractivity contribution in [3.63, 3.8) is 0 Å². The van der Waals surface area contributed by atoms with Gasteiger partial charge >= 0.3 is 0 Å². The van der Waals surface area contributed by atoms with E-state index in [1.165, 1.54) is 5.56 Å². The van der Waals surface area contributed by atoms with Crippen molar-refractivity contribution in [1.82, 2.24) is 14.7 Å². The van der Waals surface area contributed by atoms with Crippen molar-refractivity contribution in [3.05, 3.63) is 101 Å². The van der Waals surface area contributed by atoms with Crippen LogP contribution in [0.5, 0.6) is 0 Å². The lowest BCUT2D eigenvalue weighted by Crippen LogP contribution is -2.40. The molecule has 0 aliphatic carbocycles. The topological polar surface area (TPSA) is 55.9 Å². The number of hydrogen-bond donors (Lipinski definition) is 1. The Morgan fingerprint density at radius 2 is 1.60 bits per heavy atom. The van der Waals surface area contributed by atoms with Gasteiger partial charge in [-0.05, 0) is 55.4 Å². The van der Waals surface area contributed by atoms with Crippen LogP contribution < -0.4 is 5.32 Å². The quantitative estimate of drug-likeness (QED) is 0.516. The number of fused-ring (bicyclic) bond motifs is 1. The summed E-state index contributed by atoms with van der Waals surface area (Å²) in [6.07, 6.45) is 0.806. The molecule has 4 rings (SSSR count). The van der Waals surface area contributed by atoms with E-state index in [0.717, 1.165) is 29.8 Å². The van der Waals surface area contributed by atoms with E-state index >= 15 is 0 Å². The van der Waals surface area contributed by atoms with Crippen LogP contribution in [0.3, 0.4) is 0 Å². The lowest BCUT2D eigenvalue weighted by atomic mass is 9.97. The van der Waals surface area contributed by atoms with E-state index in [4.69, 9.17) is 0 Å². The van der Waals surface area contributed by atoms with Gasteiger partial charge < -0.3 is 20.0 Å². The molecule has 2 amide bonds. The third-order valence-electron chi connectivity index (χ3n) is 6.40. The summed E-state index contributed by atoms with van der Waals surface area (Å²) in [4.78, 5) is 32.1. The maximum atomic E-state index is 13.2. The molecule has 35 heavy (non-hydrogen) atoms. The van der Waals surface area contributed by atoms with Gasteiger partial charge in [0.2, 0.25) is 5.91 Å². The molecule has 1 aliphatic rings. The summed E-state index contributed by atoms with van der Waals surface area (Å²) >= 11 is 0. The molecule has 0 bridgehead atoms. The molecule has 0 radical (unpaired) electrons. The van der Waals surface area contributed by atoms with Crippen molar-refractivity contribution in [1.29, 1.82) is 0 Å². The van der Waals surface area contributed by atoms with Crippen molar-refractivity contribution in [2.24, 2.45) is 0 Å².